The molecule has 1 aliphatic rings. The van der Waals surface area contributed by atoms with Crippen molar-refractivity contribution < 1.29 is 4.79 Å². The molecule has 0 spiro atoms. The van der Waals surface area contributed by atoms with Gasteiger partial charge in [-0.05, 0) is 6.42 Å². The van der Waals surface area contributed by atoms with Crippen LogP contribution in [0.2, 0.25) is 0 Å². The predicted molar refractivity (Wildman–Crippen MR) is 57.2 cm³/mol. The van der Waals surface area contributed by atoms with E-state index in [1.165, 1.54) is 11.0 Å². The number of carbonyl (C=O) groups is 1. The molecule has 0 saturated carbocycles. The van der Waals surface area contributed by atoms with Gasteiger partial charge in [-0.25, -0.2) is 9.67 Å². The molecule has 0 radical (unpaired) electrons. The standard InChI is InChI=1S/C8H11N5OS/c1-12-3-2-5(8(12)14)13-4-10-7(11-13)6(9)15/h4-5H,2-3H2,1H3,(H2,9,15). The van der Waals surface area contributed by atoms with E-state index in [9.17, 15) is 4.79 Å². The van der Waals surface area contributed by atoms with Crippen LogP contribution in [-0.4, -0.2) is 44.2 Å². The van der Waals surface area contributed by atoms with E-state index in [1.807, 2.05) is 0 Å². The zero-order valence-electron chi connectivity index (χ0n) is 8.25. The van der Waals surface area contributed by atoms with E-state index in [2.05, 4.69) is 10.1 Å². The molecular formula is C8H11N5OS. The van der Waals surface area contributed by atoms with Crippen LogP contribution in [0.5, 0.6) is 0 Å². The van der Waals surface area contributed by atoms with Gasteiger partial charge in [0.25, 0.3) is 0 Å². The van der Waals surface area contributed by atoms with E-state index >= 15 is 0 Å². The Morgan fingerprint density at radius 1 is 1.73 bits per heavy atom. The Morgan fingerprint density at radius 2 is 2.47 bits per heavy atom. The molecule has 0 aromatic carbocycles. The second-order valence-electron chi connectivity index (χ2n) is 3.48. The van der Waals surface area contributed by atoms with Gasteiger partial charge in [0.2, 0.25) is 11.7 Å². The highest BCUT2D eigenvalue weighted by molar-refractivity contribution is 7.80. The maximum atomic E-state index is 11.7. The Morgan fingerprint density at radius 3 is 2.93 bits per heavy atom. The number of aromatic nitrogens is 3. The van der Waals surface area contributed by atoms with Gasteiger partial charge in [-0.3, -0.25) is 4.79 Å². The SMILES string of the molecule is CN1CCC(n2cnc(C(N)=S)n2)C1=O. The Balaban J connectivity index is 2.23. The number of thiocarbonyl (C=S) groups is 1. The van der Waals surface area contributed by atoms with Gasteiger partial charge in [0.15, 0.2) is 0 Å². The third-order valence-corrected chi connectivity index (χ3v) is 2.63. The molecule has 2 N–H and O–H groups in total. The summed E-state index contributed by atoms with van der Waals surface area (Å²) >= 11 is 4.75. The van der Waals surface area contributed by atoms with E-state index in [1.54, 1.807) is 11.9 Å². The fourth-order valence-corrected chi connectivity index (χ4v) is 1.68. The molecule has 1 atom stereocenters. The normalized spacial score (nSPS) is 21.0. The number of likely N-dealkylation sites (N-methyl/N-ethyl adjacent to an activating group) is 1. The number of hydrogen-bond donors (Lipinski definition) is 1. The van der Waals surface area contributed by atoms with Gasteiger partial charge < -0.3 is 10.6 Å². The van der Waals surface area contributed by atoms with E-state index in [0.29, 0.717) is 5.82 Å². The van der Waals surface area contributed by atoms with Gasteiger partial charge in [-0.15, -0.1) is 5.10 Å². The molecule has 2 heterocycles. The third-order valence-electron chi connectivity index (χ3n) is 2.45. The first-order chi connectivity index (χ1) is 7.09. The summed E-state index contributed by atoms with van der Waals surface area (Å²) in [6.45, 7) is 0.742. The Labute approximate surface area is 92.1 Å². The minimum atomic E-state index is -0.259. The van der Waals surface area contributed by atoms with Gasteiger partial charge in [-0.2, -0.15) is 0 Å². The Bertz CT molecular complexity index is 415. The van der Waals surface area contributed by atoms with Crippen LogP contribution in [0.3, 0.4) is 0 Å². The monoisotopic (exact) mass is 225 g/mol. The molecule has 15 heavy (non-hydrogen) atoms. The number of amides is 1. The van der Waals surface area contributed by atoms with Crippen molar-refractivity contribution in [2.45, 2.75) is 12.5 Å². The number of likely N-dealkylation sites (tertiary alicyclic amines) is 1. The van der Waals surface area contributed by atoms with Gasteiger partial charge in [0.1, 0.15) is 17.4 Å². The maximum absolute atomic E-state index is 11.7. The van der Waals surface area contributed by atoms with Gasteiger partial charge in [0.05, 0.1) is 0 Å². The van der Waals surface area contributed by atoms with Crippen LogP contribution in [0.4, 0.5) is 0 Å². The van der Waals surface area contributed by atoms with Crippen LogP contribution in [0.1, 0.15) is 18.3 Å². The highest BCUT2D eigenvalue weighted by atomic mass is 32.1. The lowest BCUT2D eigenvalue weighted by Gasteiger charge is -2.09. The van der Waals surface area contributed by atoms with Crippen molar-refractivity contribution in [3.05, 3.63) is 12.2 Å². The van der Waals surface area contributed by atoms with Crippen molar-refractivity contribution in [1.29, 1.82) is 0 Å². The number of nitrogens with two attached hydrogens (primary N) is 1. The summed E-state index contributed by atoms with van der Waals surface area (Å²) in [4.78, 5) is 17.4. The van der Waals surface area contributed by atoms with Gasteiger partial charge in [0, 0.05) is 13.6 Å². The Kier molecular flexibility index (Phi) is 2.39. The maximum Gasteiger partial charge on any atom is 0.247 e. The zero-order chi connectivity index (χ0) is 11.0. The van der Waals surface area contributed by atoms with E-state index in [0.717, 1.165) is 13.0 Å². The molecule has 0 aliphatic carbocycles. The summed E-state index contributed by atoms with van der Waals surface area (Å²) in [5, 5.41) is 4.07. The van der Waals surface area contributed by atoms with Crippen molar-refractivity contribution in [2.75, 3.05) is 13.6 Å². The number of nitrogens with zero attached hydrogens (tertiary/aromatic N) is 4. The number of rotatable bonds is 2. The van der Waals surface area contributed by atoms with Crippen molar-refractivity contribution in [2.24, 2.45) is 5.73 Å². The molecule has 1 aromatic rings. The molecule has 0 bridgehead atoms. The summed E-state index contributed by atoms with van der Waals surface area (Å²) in [5.41, 5.74) is 5.39. The molecule has 1 aromatic heterocycles. The lowest BCUT2D eigenvalue weighted by atomic mass is 10.3. The average molecular weight is 225 g/mol. The first kappa shape index (κ1) is 10.0. The lowest BCUT2D eigenvalue weighted by Crippen LogP contribution is -2.25. The first-order valence-corrected chi connectivity index (χ1v) is 4.96. The van der Waals surface area contributed by atoms with E-state index in [4.69, 9.17) is 18.0 Å². The third kappa shape index (κ3) is 1.70. The van der Waals surface area contributed by atoms with Crippen LogP contribution in [0, 0.1) is 0 Å². The highest BCUT2D eigenvalue weighted by Crippen LogP contribution is 2.20. The predicted octanol–water partition coefficient (Wildman–Crippen LogP) is -0.684. The minimum absolute atomic E-state index is 0.0504. The van der Waals surface area contributed by atoms with Gasteiger partial charge in [-0.1, -0.05) is 12.2 Å². The quantitative estimate of drug-likeness (QED) is 0.674. The van der Waals surface area contributed by atoms with E-state index < -0.39 is 0 Å². The first-order valence-electron chi connectivity index (χ1n) is 4.55. The molecule has 1 aliphatic heterocycles. The fourth-order valence-electron chi connectivity index (χ4n) is 1.59. The zero-order valence-corrected chi connectivity index (χ0v) is 9.07. The topological polar surface area (TPSA) is 77.0 Å². The van der Waals surface area contributed by atoms with Crippen molar-refractivity contribution in [3.63, 3.8) is 0 Å². The van der Waals surface area contributed by atoms with Gasteiger partial charge >= 0.3 is 0 Å². The van der Waals surface area contributed by atoms with Crippen molar-refractivity contribution in [3.8, 4) is 0 Å². The molecule has 6 nitrogen and oxygen atoms in total. The van der Waals surface area contributed by atoms with Crippen LogP contribution >= 0.6 is 12.2 Å². The van der Waals surface area contributed by atoms with Crippen LogP contribution in [0.25, 0.3) is 0 Å². The largest absolute Gasteiger partial charge is 0.387 e. The summed E-state index contributed by atoms with van der Waals surface area (Å²) in [6, 6.07) is -0.259. The number of hydrogen-bond acceptors (Lipinski definition) is 4. The molecule has 1 unspecified atom stereocenters. The van der Waals surface area contributed by atoms with Crippen LogP contribution < -0.4 is 5.73 Å². The molecule has 1 saturated heterocycles. The summed E-state index contributed by atoms with van der Waals surface area (Å²) in [6.07, 6.45) is 2.24. The molecule has 1 amide bonds. The second-order valence-corrected chi connectivity index (χ2v) is 3.92. The second kappa shape index (κ2) is 3.58. The fraction of sp³-hybridized carbons (Fsp3) is 0.500. The average Bonchev–Trinajstić information content (AvgIpc) is 2.76. The molecule has 2 rings (SSSR count). The molecular weight excluding hydrogens is 214 g/mol. The minimum Gasteiger partial charge on any atom is -0.387 e. The van der Waals surface area contributed by atoms with Crippen molar-refractivity contribution in [1.82, 2.24) is 19.7 Å². The van der Waals surface area contributed by atoms with Crippen LogP contribution in [0.15, 0.2) is 6.33 Å². The van der Waals surface area contributed by atoms with Crippen LogP contribution in [-0.2, 0) is 4.79 Å². The molecule has 1 fully saturated rings. The number of carbonyl (C=O) groups excluding carboxylic acids is 1. The molecule has 7 heteroatoms. The summed E-state index contributed by atoms with van der Waals surface area (Å²) in [5.74, 6) is 0.363. The lowest BCUT2D eigenvalue weighted by molar-refractivity contribution is -0.129. The van der Waals surface area contributed by atoms with Crippen molar-refractivity contribution >= 4 is 23.1 Å². The Hall–Kier alpha value is -1.50. The smallest absolute Gasteiger partial charge is 0.247 e. The molecule has 80 valence electrons. The summed E-state index contributed by atoms with van der Waals surface area (Å²) < 4.78 is 1.53. The van der Waals surface area contributed by atoms with E-state index in [-0.39, 0.29) is 16.9 Å². The summed E-state index contributed by atoms with van der Waals surface area (Å²) in [7, 11) is 1.77. The highest BCUT2D eigenvalue weighted by Gasteiger charge is 2.31.